The van der Waals surface area contributed by atoms with E-state index in [2.05, 4.69) is 4.98 Å². The molecule has 0 radical (unpaired) electrons. The first-order valence-corrected chi connectivity index (χ1v) is 4.58. The molecule has 0 aliphatic carbocycles. The number of aromatic carboxylic acids is 1. The molecule has 0 aliphatic heterocycles. The fraction of sp³-hybridized carbons (Fsp3) is 0.333. The van der Waals surface area contributed by atoms with E-state index in [1.165, 1.54) is 6.92 Å². The molecule has 1 aromatic rings. The van der Waals surface area contributed by atoms with Crippen molar-refractivity contribution in [3.63, 3.8) is 0 Å². The third-order valence-electron chi connectivity index (χ3n) is 1.93. The van der Waals surface area contributed by atoms with Crippen molar-refractivity contribution in [2.45, 2.75) is 19.2 Å². The van der Waals surface area contributed by atoms with E-state index in [0.29, 0.717) is 11.3 Å². The van der Waals surface area contributed by atoms with Crippen LogP contribution in [0.15, 0.2) is 6.07 Å². The first-order chi connectivity index (χ1) is 6.97. The predicted octanol–water partition coefficient (Wildman–Crippen LogP) is 2.76. The number of carboxylic acid groups (broad SMARTS) is 1. The van der Waals surface area contributed by atoms with Crippen molar-refractivity contribution < 1.29 is 18.7 Å². The van der Waals surface area contributed by atoms with Crippen molar-refractivity contribution in [1.29, 1.82) is 0 Å². The van der Waals surface area contributed by atoms with Crippen LogP contribution in [0.5, 0.6) is 0 Å². The zero-order valence-corrected chi connectivity index (χ0v) is 8.55. The average molecular weight is 236 g/mol. The van der Waals surface area contributed by atoms with Crippen LogP contribution >= 0.6 is 11.6 Å². The average Bonchev–Trinajstić information content (AvgIpc) is 2.16. The minimum atomic E-state index is -2.90. The molecule has 1 aromatic heterocycles. The number of hydrogen-bond acceptors (Lipinski definition) is 2. The van der Waals surface area contributed by atoms with Gasteiger partial charge in [-0.05, 0) is 18.6 Å². The van der Waals surface area contributed by atoms with Gasteiger partial charge >= 0.3 is 5.97 Å². The zero-order valence-electron chi connectivity index (χ0n) is 7.80. The molecule has 0 bridgehead atoms. The molecule has 0 aromatic carbocycles. The molecule has 1 heterocycles. The number of nitrogens with zero attached hydrogens (tertiary/aromatic N) is 1. The summed E-state index contributed by atoms with van der Waals surface area (Å²) in [5.74, 6) is -1.38. The number of hydrogen-bond donors (Lipinski definition) is 1. The maximum absolute atomic E-state index is 12.4. The molecule has 0 saturated heterocycles. The lowest BCUT2D eigenvalue weighted by Crippen LogP contribution is -2.08. The minimum Gasteiger partial charge on any atom is -0.478 e. The normalized spacial score (nSPS) is 10.7. The van der Waals surface area contributed by atoms with Crippen molar-refractivity contribution in [3.05, 3.63) is 28.6 Å². The van der Waals surface area contributed by atoms with E-state index >= 15 is 0 Å². The summed E-state index contributed by atoms with van der Waals surface area (Å²) in [5, 5.41) is 8.71. The topological polar surface area (TPSA) is 50.2 Å². The molecule has 3 nitrogen and oxygen atoms in total. The number of aromatic nitrogens is 1. The summed E-state index contributed by atoms with van der Waals surface area (Å²) >= 11 is 5.52. The lowest BCUT2D eigenvalue weighted by molar-refractivity contribution is 0.0682. The van der Waals surface area contributed by atoms with Crippen LogP contribution in [0.1, 0.15) is 33.7 Å². The van der Waals surface area contributed by atoms with Crippen LogP contribution < -0.4 is 0 Å². The quantitative estimate of drug-likeness (QED) is 0.820. The maximum atomic E-state index is 12.4. The lowest BCUT2D eigenvalue weighted by Gasteiger charge is -2.08. The van der Waals surface area contributed by atoms with E-state index in [1.807, 2.05) is 0 Å². The Morgan fingerprint density at radius 1 is 1.67 bits per heavy atom. The Hall–Kier alpha value is -1.23. The second kappa shape index (κ2) is 4.53. The fourth-order valence-corrected chi connectivity index (χ4v) is 1.41. The van der Waals surface area contributed by atoms with Crippen molar-refractivity contribution >= 4 is 17.6 Å². The van der Waals surface area contributed by atoms with E-state index in [1.54, 1.807) is 0 Å². The highest BCUT2D eigenvalue weighted by atomic mass is 35.5. The summed E-state index contributed by atoms with van der Waals surface area (Å²) < 4.78 is 24.9. The summed E-state index contributed by atoms with van der Waals surface area (Å²) in [7, 11) is 0. The number of pyridine rings is 1. The van der Waals surface area contributed by atoms with E-state index in [9.17, 15) is 13.6 Å². The monoisotopic (exact) mass is 235 g/mol. The van der Waals surface area contributed by atoms with Crippen molar-refractivity contribution in [1.82, 2.24) is 4.98 Å². The molecule has 1 rings (SSSR count). The standard InChI is InChI=1S/C9H8ClF2NO2/c1-4-5(3-10)2-6(9(14)15)7(13-4)8(11)12/h2,8H,3H2,1H3,(H,14,15). The van der Waals surface area contributed by atoms with Crippen molar-refractivity contribution in [2.75, 3.05) is 0 Å². The summed E-state index contributed by atoms with van der Waals surface area (Å²) in [4.78, 5) is 14.2. The van der Waals surface area contributed by atoms with Crippen LogP contribution in [0, 0.1) is 6.92 Å². The van der Waals surface area contributed by atoms with Gasteiger partial charge in [0.1, 0.15) is 5.69 Å². The van der Waals surface area contributed by atoms with Gasteiger partial charge in [-0.3, -0.25) is 4.98 Å². The number of alkyl halides is 3. The molecule has 0 atom stereocenters. The van der Waals surface area contributed by atoms with Crippen LogP contribution in [-0.2, 0) is 5.88 Å². The Balaban J connectivity index is 3.39. The number of halogens is 3. The molecule has 0 saturated carbocycles. The van der Waals surface area contributed by atoms with Gasteiger partial charge in [-0.1, -0.05) is 0 Å². The molecule has 1 N–H and O–H groups in total. The summed E-state index contributed by atoms with van der Waals surface area (Å²) in [5.41, 5.74) is -0.441. The summed E-state index contributed by atoms with van der Waals surface area (Å²) in [6.07, 6.45) is -2.90. The van der Waals surface area contributed by atoms with Gasteiger partial charge in [-0.2, -0.15) is 0 Å². The molecule has 15 heavy (non-hydrogen) atoms. The van der Waals surface area contributed by atoms with Crippen LogP contribution in [0.4, 0.5) is 8.78 Å². The largest absolute Gasteiger partial charge is 0.478 e. The van der Waals surface area contributed by atoms with Gasteiger partial charge < -0.3 is 5.11 Å². The first kappa shape index (κ1) is 11.8. The maximum Gasteiger partial charge on any atom is 0.337 e. The van der Waals surface area contributed by atoms with Gasteiger partial charge in [-0.15, -0.1) is 11.6 Å². The molecular weight excluding hydrogens is 228 g/mol. The molecular formula is C9H8ClF2NO2. The van der Waals surface area contributed by atoms with Crippen LogP contribution in [-0.4, -0.2) is 16.1 Å². The lowest BCUT2D eigenvalue weighted by atomic mass is 10.1. The first-order valence-electron chi connectivity index (χ1n) is 4.05. The fourth-order valence-electron chi connectivity index (χ4n) is 1.14. The molecule has 0 unspecified atom stereocenters. The highest BCUT2D eigenvalue weighted by Crippen LogP contribution is 2.23. The van der Waals surface area contributed by atoms with E-state index in [0.717, 1.165) is 6.07 Å². The molecule has 0 spiro atoms. The van der Waals surface area contributed by atoms with Gasteiger partial charge in [0.25, 0.3) is 6.43 Å². The summed E-state index contributed by atoms with van der Waals surface area (Å²) in [6, 6.07) is 1.14. The van der Waals surface area contributed by atoms with E-state index in [4.69, 9.17) is 16.7 Å². The molecule has 0 aliphatic rings. The Morgan fingerprint density at radius 3 is 2.67 bits per heavy atom. The van der Waals surface area contributed by atoms with Crippen LogP contribution in [0.2, 0.25) is 0 Å². The number of carboxylic acids is 1. The number of carbonyl (C=O) groups is 1. The molecule has 0 amide bonds. The van der Waals surface area contributed by atoms with Gasteiger partial charge in [0.05, 0.1) is 5.56 Å². The Kier molecular flexibility index (Phi) is 3.57. The van der Waals surface area contributed by atoms with Crippen molar-refractivity contribution in [3.8, 4) is 0 Å². The van der Waals surface area contributed by atoms with Gasteiger partial charge in [0.15, 0.2) is 0 Å². The second-order valence-corrected chi connectivity index (χ2v) is 3.17. The molecule has 0 fully saturated rings. The minimum absolute atomic E-state index is 0.0443. The highest BCUT2D eigenvalue weighted by molar-refractivity contribution is 6.17. The smallest absolute Gasteiger partial charge is 0.337 e. The Labute approximate surface area is 89.7 Å². The van der Waals surface area contributed by atoms with Crippen LogP contribution in [0.25, 0.3) is 0 Å². The third-order valence-corrected chi connectivity index (χ3v) is 2.22. The summed E-state index contributed by atoms with van der Waals surface area (Å²) in [6.45, 7) is 1.51. The predicted molar refractivity (Wildman–Crippen MR) is 50.4 cm³/mol. The zero-order chi connectivity index (χ0) is 11.6. The van der Waals surface area contributed by atoms with Crippen molar-refractivity contribution in [2.24, 2.45) is 0 Å². The van der Waals surface area contributed by atoms with Gasteiger partial charge in [0, 0.05) is 11.6 Å². The van der Waals surface area contributed by atoms with E-state index in [-0.39, 0.29) is 5.88 Å². The van der Waals surface area contributed by atoms with Gasteiger partial charge in [0.2, 0.25) is 0 Å². The molecule has 6 heteroatoms. The Bertz CT molecular complexity index is 396. The second-order valence-electron chi connectivity index (χ2n) is 2.91. The Morgan fingerprint density at radius 2 is 2.27 bits per heavy atom. The third kappa shape index (κ3) is 2.41. The van der Waals surface area contributed by atoms with Gasteiger partial charge in [-0.25, -0.2) is 13.6 Å². The van der Waals surface area contributed by atoms with E-state index < -0.39 is 23.7 Å². The molecule has 82 valence electrons. The van der Waals surface area contributed by atoms with Crippen LogP contribution in [0.3, 0.4) is 0 Å². The number of aryl methyl sites for hydroxylation is 1. The number of rotatable bonds is 3. The SMILES string of the molecule is Cc1nc(C(F)F)c(C(=O)O)cc1CCl. The highest BCUT2D eigenvalue weighted by Gasteiger charge is 2.21.